The van der Waals surface area contributed by atoms with Gasteiger partial charge >= 0.3 is 6.18 Å². The molecule has 5 N–H and O–H groups in total. The quantitative estimate of drug-likeness (QED) is 0.117. The molecule has 0 aliphatic rings. The summed E-state index contributed by atoms with van der Waals surface area (Å²) in [7, 11) is -44.8. The van der Waals surface area contributed by atoms with E-state index in [1.807, 2.05) is 13.8 Å². The topological polar surface area (TPSA) is 696 Å². The normalized spacial score (nSPS) is 11.6. The van der Waals surface area contributed by atoms with Crippen LogP contribution in [-0.4, -0.2) is 190 Å². The van der Waals surface area contributed by atoms with Crippen molar-refractivity contribution < 1.29 is 170 Å². The smallest absolute Gasteiger partial charge is 0.416 e. The summed E-state index contributed by atoms with van der Waals surface area (Å²) in [5, 5.41) is 7.04. The van der Waals surface area contributed by atoms with Crippen LogP contribution in [0.5, 0.6) is 5.75 Å². The van der Waals surface area contributed by atoms with Gasteiger partial charge in [-0.3, -0.25) is 13.9 Å². The number of rotatable bonds is 13. The van der Waals surface area contributed by atoms with Crippen molar-refractivity contribution in [2.75, 3.05) is 31.5 Å². The van der Waals surface area contributed by atoms with Crippen LogP contribution in [0.3, 0.4) is 0 Å². The number of aliphatic hydroxyl groups excluding tert-OH is 1. The maximum Gasteiger partial charge on any atom is 0.416 e. The van der Waals surface area contributed by atoms with E-state index >= 15 is 0 Å². The molecular formula is C59H73F3NO36S11-9. The van der Waals surface area contributed by atoms with Crippen molar-refractivity contribution in [1.29, 1.82) is 0 Å². The van der Waals surface area contributed by atoms with Gasteiger partial charge in [0.2, 0.25) is 5.91 Å². The maximum absolute atomic E-state index is 12.1. The number of benzene rings is 7. The summed E-state index contributed by atoms with van der Waals surface area (Å²) in [6.07, 6.45) is -4.05. The lowest BCUT2D eigenvalue weighted by Crippen LogP contribution is -2.11. The fourth-order valence-electron chi connectivity index (χ4n) is 5.72. The Morgan fingerprint density at radius 2 is 0.773 bits per heavy atom. The van der Waals surface area contributed by atoms with Gasteiger partial charge in [0.25, 0.3) is 20.2 Å². The predicted octanol–water partition coefficient (Wildman–Crippen LogP) is 4.30. The number of nitrogens with two attached hydrogens (primary N) is 1. The molecule has 7 rings (SSSR count). The molecule has 626 valence electrons. The van der Waals surface area contributed by atoms with Gasteiger partial charge in [-0.05, 0) is 162 Å². The monoisotopic (exact) mass is 1780 g/mol. The first kappa shape index (κ1) is 111. The Kier molecular flexibility index (Phi) is 48.3. The molecule has 7 aromatic rings. The van der Waals surface area contributed by atoms with Gasteiger partial charge in [0.05, 0.1) is 99.8 Å². The van der Waals surface area contributed by atoms with Crippen LogP contribution >= 0.6 is 0 Å². The van der Waals surface area contributed by atoms with E-state index in [0.717, 1.165) is 41.0 Å². The Labute approximate surface area is 637 Å². The number of hydrogen-bond acceptors (Lipinski definition) is 34. The van der Waals surface area contributed by atoms with Crippen LogP contribution in [0.25, 0.3) is 0 Å². The molecule has 0 atom stereocenters. The molecule has 0 heterocycles. The Hall–Kier alpha value is -7.43. The van der Waals surface area contributed by atoms with Gasteiger partial charge in [0, 0.05) is 22.8 Å². The summed E-state index contributed by atoms with van der Waals surface area (Å²) in [5.41, 5.74) is 7.37. The van der Waals surface area contributed by atoms with Crippen molar-refractivity contribution in [1.82, 2.24) is 0 Å². The van der Waals surface area contributed by atoms with Crippen molar-refractivity contribution in [3.05, 3.63) is 203 Å². The second kappa shape index (κ2) is 47.8. The number of aryl methyl sites for hydroxylation is 5. The van der Waals surface area contributed by atoms with Crippen molar-refractivity contribution in [2.45, 2.75) is 109 Å². The minimum absolute atomic E-state index is 0. The number of hydrogen-bond donors (Lipinski definition) is 4. The molecule has 0 aromatic heterocycles. The third kappa shape index (κ3) is 55.9. The van der Waals surface area contributed by atoms with E-state index in [0.29, 0.717) is 35.3 Å². The van der Waals surface area contributed by atoms with Crippen molar-refractivity contribution >= 4 is 117 Å². The van der Waals surface area contributed by atoms with E-state index in [4.69, 9.17) is 37.7 Å². The zero-order valence-corrected chi connectivity index (χ0v) is 66.8. The van der Waals surface area contributed by atoms with Gasteiger partial charge < -0.3 is 56.6 Å². The Morgan fingerprint density at radius 1 is 0.445 bits per heavy atom. The van der Waals surface area contributed by atoms with Crippen LogP contribution < -0.4 is 10.5 Å². The van der Waals surface area contributed by atoms with Crippen LogP contribution in [0.15, 0.2) is 198 Å². The lowest BCUT2D eigenvalue weighted by molar-refractivity contribution is -0.137. The lowest BCUT2D eigenvalue weighted by Gasteiger charge is -2.10. The minimum Gasteiger partial charge on any atom is -0.748 e. The van der Waals surface area contributed by atoms with Crippen LogP contribution in [0, 0.1) is 34.6 Å². The molecule has 0 fully saturated rings. The van der Waals surface area contributed by atoms with Crippen molar-refractivity contribution in [3.8, 4) is 5.75 Å². The first-order valence-corrected chi connectivity index (χ1v) is 44.6. The van der Waals surface area contributed by atoms with E-state index in [-0.39, 0.29) is 43.2 Å². The van der Waals surface area contributed by atoms with Crippen LogP contribution in [0.1, 0.15) is 71.9 Å². The molecule has 0 bridgehead atoms. The van der Waals surface area contributed by atoms with Crippen molar-refractivity contribution in [2.24, 2.45) is 5.73 Å². The zero-order chi connectivity index (χ0) is 86.7. The van der Waals surface area contributed by atoms with Crippen LogP contribution in [0.2, 0.25) is 0 Å². The second-order valence-corrected chi connectivity index (χ2v) is 36.8. The first-order valence-electron chi connectivity index (χ1n) is 28.2. The summed E-state index contributed by atoms with van der Waals surface area (Å²) < 4.78 is 371. The Balaban J connectivity index is -0.000000371. The molecule has 0 spiro atoms. The van der Waals surface area contributed by atoms with E-state index in [9.17, 15) is 139 Å². The maximum atomic E-state index is 12.1. The summed E-state index contributed by atoms with van der Waals surface area (Å²) in [6, 6.07) is 35.5. The van der Waals surface area contributed by atoms with Gasteiger partial charge in [0.15, 0.2) is 0 Å². The highest BCUT2D eigenvalue weighted by molar-refractivity contribution is 7.88. The number of aliphatic hydroxyl groups is 1. The molecule has 7 aromatic carbocycles. The number of ether oxygens (including phenoxy) is 1. The second-order valence-electron chi connectivity index (χ2n) is 20.6. The summed E-state index contributed by atoms with van der Waals surface area (Å²) in [4.78, 5) is 8.63. The molecule has 0 aliphatic carbocycles. The molecule has 0 aliphatic heterocycles. The molecule has 0 saturated carbocycles. The van der Waals surface area contributed by atoms with Crippen LogP contribution in [0.4, 0.5) is 13.2 Å². The van der Waals surface area contributed by atoms with Crippen LogP contribution in [-0.2, 0) is 117 Å². The van der Waals surface area contributed by atoms with Gasteiger partial charge in [-0.2, -0.15) is 30.0 Å². The third-order valence-electron chi connectivity index (χ3n) is 11.1. The highest BCUT2D eigenvalue weighted by Gasteiger charge is 2.31. The number of amides is 1. The van der Waals surface area contributed by atoms with E-state index in [2.05, 4.69) is 0 Å². The van der Waals surface area contributed by atoms with Gasteiger partial charge in [-0.15, -0.1) is 0 Å². The molecule has 110 heavy (non-hydrogen) atoms. The highest BCUT2D eigenvalue weighted by Crippen LogP contribution is 2.30. The minimum atomic E-state index is -4.84. The van der Waals surface area contributed by atoms with E-state index < -0.39 is 156 Å². The SMILES string of the molecule is C.CC(C)S(=O)(=O)[O-].CCS(=O)(=O)[O-].COc1ccc(S(=O)(=O)O)cc1.CS(=O)(=O)[O-].Cc1ccc(C)c(S(=O)(=O)[O-])c1.Cc1ccc(S(=O)(=O)O)cc1.Cc1ccc(S(=O)(=O)[O-])cc1.Cc1ccccc1S(=O)(=O)[O-].NC(=O)c1cccc(S(=O)(=O)[O-])c1.O=S(=O)([O-])CCO.O=S(=O)([O-])c1cccc(C(F)(F)F)c1. The number of alkyl halides is 3. The first-order chi connectivity index (χ1) is 48.6. The molecule has 0 saturated heterocycles. The van der Waals surface area contributed by atoms with E-state index in [1.165, 1.54) is 107 Å². The third-order valence-corrected chi connectivity index (χ3v) is 19.9. The summed E-state index contributed by atoms with van der Waals surface area (Å²) in [6.45, 7) is 12.0. The lowest BCUT2D eigenvalue weighted by atomic mass is 10.2. The molecule has 51 heteroatoms. The summed E-state index contributed by atoms with van der Waals surface area (Å²) in [5.74, 6) is -1.23. The molecule has 1 amide bonds. The average molecular weight is 1780 g/mol. The molecule has 0 unspecified atom stereocenters. The average Bonchev–Trinajstić information content (AvgIpc) is 0.827. The number of carbonyl (C=O) groups is 1. The van der Waals surface area contributed by atoms with Crippen molar-refractivity contribution in [3.63, 3.8) is 0 Å². The number of methoxy groups -OCH3 is 1. The number of halogens is 3. The zero-order valence-electron chi connectivity index (χ0n) is 57.8. The predicted molar refractivity (Wildman–Crippen MR) is 377 cm³/mol. The molecule has 37 nitrogen and oxygen atoms in total. The van der Waals surface area contributed by atoms with Gasteiger partial charge in [-0.25, -0.2) is 75.8 Å². The standard InChI is InChI=1S/C8H10O3S.C7H5F3O3S.C7H7NO4S.C7H8O4S.3C7H8O3S.C3H8O3S.C2H6O4S.C2H6O3S.CH4O3S.CH4/c1-6-3-4-7(2)8(5-6)12(9,10)11;8-7(9,10)5-2-1-3-6(4-5)14(11,12)13;8-7(9)5-2-1-3-6(4-5)13(10,11)12;1-11-6-2-4-7(5-3-6)12(8,9)10;2*1-6-2-4-7(5-3-6)11(8,9)10;1-6-4-2-3-5-7(6)11(8,9)10;1-3(2)7(4,5)6;3-1-2-7(4,5)6;1-2-6(3,4)5;1-5(2,3)4;/h3-5H,1-2H3,(H,9,10,11);1-4H,(H,11,12,13);1-4H,(H2,8,9)(H,10,11,12);2-5H,1H3,(H,8,9,10);3*2-5H,1H3,(H,8,9,10);3H,1-2H3,(H,4,5,6);3H,1-2H2,(H,4,5,6);2H2,1H3,(H,3,4,5);1H3,(H,2,3,4);1H4/p-9. The highest BCUT2D eigenvalue weighted by atomic mass is 32.3. The largest absolute Gasteiger partial charge is 0.748 e. The summed E-state index contributed by atoms with van der Waals surface area (Å²) >= 11 is 0. The fraction of sp³-hybridized carbons (Fsp3) is 0.271. The molecular weight excluding hydrogens is 1710 g/mol. The number of primary amides is 1. The molecule has 0 radical (unpaired) electrons. The Morgan fingerprint density at radius 3 is 1.04 bits per heavy atom. The van der Waals surface area contributed by atoms with E-state index in [1.54, 1.807) is 69.3 Å². The Bertz CT molecular complexity index is 5320. The van der Waals surface area contributed by atoms with Gasteiger partial charge in [-0.1, -0.05) is 92.2 Å². The number of carbonyl (C=O) groups excluding carboxylic acids is 1. The van der Waals surface area contributed by atoms with Gasteiger partial charge in [0.1, 0.15) is 56.3 Å². The fourth-order valence-corrected chi connectivity index (χ4v) is 9.91.